The maximum atomic E-state index is 13.9. The minimum Gasteiger partial charge on any atom is -0.481 e. The summed E-state index contributed by atoms with van der Waals surface area (Å²) in [5.74, 6) is 0.529. The molecule has 2 aliphatic rings. The summed E-state index contributed by atoms with van der Waals surface area (Å²) in [5.41, 5.74) is 4.18. The number of hydrogen-bond acceptors (Lipinski definition) is 5. The van der Waals surface area contributed by atoms with Gasteiger partial charge in [-0.2, -0.15) is 0 Å². The average Bonchev–Trinajstić information content (AvgIpc) is 3.06. The van der Waals surface area contributed by atoms with Crippen LogP contribution in [0.25, 0.3) is 0 Å². The Morgan fingerprint density at radius 2 is 1.54 bits per heavy atom. The molecule has 1 fully saturated rings. The van der Waals surface area contributed by atoms with Crippen molar-refractivity contribution in [3.63, 3.8) is 0 Å². The Labute approximate surface area is 285 Å². The maximum Gasteiger partial charge on any atom is 0.306 e. The fourth-order valence-electron chi connectivity index (χ4n) is 7.27. The number of para-hydroxylation sites is 2. The van der Waals surface area contributed by atoms with Crippen molar-refractivity contribution < 1.29 is 29.0 Å². The number of carboxylic acid groups (broad SMARTS) is 1. The Hall–Kier alpha value is -4.13. The molecule has 3 aromatic rings. The van der Waals surface area contributed by atoms with E-state index in [0.29, 0.717) is 12.1 Å². The van der Waals surface area contributed by atoms with Crippen LogP contribution in [0.5, 0.6) is 11.5 Å². The van der Waals surface area contributed by atoms with E-state index in [4.69, 9.17) is 14.6 Å². The van der Waals surface area contributed by atoms with Gasteiger partial charge in [-0.25, -0.2) is 0 Å². The quantitative estimate of drug-likeness (QED) is 0.133. The molecule has 0 aromatic heterocycles. The fourth-order valence-corrected chi connectivity index (χ4v) is 7.27. The van der Waals surface area contributed by atoms with Crippen molar-refractivity contribution in [3.05, 3.63) is 89.0 Å². The molecule has 256 valence electrons. The second kappa shape index (κ2) is 16.3. The van der Waals surface area contributed by atoms with Crippen LogP contribution in [0.4, 0.5) is 5.69 Å². The van der Waals surface area contributed by atoms with Gasteiger partial charge in [-0.3, -0.25) is 14.4 Å². The summed E-state index contributed by atoms with van der Waals surface area (Å²) in [6, 6.07) is 21.7. The monoisotopic (exact) mass is 653 g/mol. The van der Waals surface area contributed by atoms with Crippen LogP contribution in [0.1, 0.15) is 139 Å². The highest BCUT2D eigenvalue weighted by molar-refractivity contribution is 5.93. The van der Waals surface area contributed by atoms with Crippen molar-refractivity contribution in [1.82, 2.24) is 0 Å². The molecule has 0 radical (unpaired) electrons. The predicted octanol–water partition coefficient (Wildman–Crippen LogP) is 10.2. The largest absolute Gasteiger partial charge is 0.481 e. The Balaban J connectivity index is 1.34. The molecule has 48 heavy (non-hydrogen) atoms. The van der Waals surface area contributed by atoms with Crippen molar-refractivity contribution in [1.29, 1.82) is 0 Å². The first kappa shape index (κ1) is 35.2. The van der Waals surface area contributed by atoms with Gasteiger partial charge in [0.05, 0.1) is 12.8 Å². The number of rotatable bonds is 14. The third-order valence-electron chi connectivity index (χ3n) is 9.82. The van der Waals surface area contributed by atoms with Crippen LogP contribution < -0.4 is 10.1 Å². The molecule has 5 rings (SSSR count). The Morgan fingerprint density at radius 3 is 2.19 bits per heavy atom. The van der Waals surface area contributed by atoms with Gasteiger partial charge in [0.25, 0.3) is 0 Å². The number of carboxylic acids is 1. The summed E-state index contributed by atoms with van der Waals surface area (Å²) in [6.45, 7) is 6.33. The molecule has 1 aliphatic carbocycles. The molecular weight excluding hydrogens is 602 g/mol. The lowest BCUT2D eigenvalue weighted by molar-refractivity contribution is -0.152. The van der Waals surface area contributed by atoms with Crippen LogP contribution in [0.3, 0.4) is 0 Å². The lowest BCUT2D eigenvalue weighted by atomic mass is 9.83. The highest BCUT2D eigenvalue weighted by Gasteiger charge is 2.30. The zero-order chi connectivity index (χ0) is 34.1. The predicted molar refractivity (Wildman–Crippen MR) is 189 cm³/mol. The van der Waals surface area contributed by atoms with E-state index in [9.17, 15) is 14.4 Å². The van der Waals surface area contributed by atoms with Gasteiger partial charge < -0.3 is 19.9 Å². The summed E-state index contributed by atoms with van der Waals surface area (Å²) in [4.78, 5) is 37.8. The van der Waals surface area contributed by atoms with Gasteiger partial charge in [-0.05, 0) is 53.5 Å². The van der Waals surface area contributed by atoms with Crippen molar-refractivity contribution in [2.45, 2.75) is 122 Å². The van der Waals surface area contributed by atoms with Crippen molar-refractivity contribution >= 4 is 23.5 Å². The number of fused-ring (bicyclic) bond motifs is 2. The van der Waals surface area contributed by atoms with E-state index in [1.807, 2.05) is 66.7 Å². The number of amides is 1. The van der Waals surface area contributed by atoms with Crippen LogP contribution in [-0.2, 0) is 24.5 Å². The zero-order valence-corrected chi connectivity index (χ0v) is 28.8. The molecule has 3 aromatic carbocycles. The SMILES string of the molecule is CC(C)(C)c1ccc(C(CCCCCC2CCCCC2)OC(=O)CCC(=O)O)cc1NC(=O)CC1c2ccccc2Oc2ccccc21. The molecule has 1 atom stereocenters. The number of unbranched alkanes of at least 4 members (excludes halogenated alkanes) is 2. The Bertz CT molecular complexity index is 1520. The second-order valence-corrected chi connectivity index (χ2v) is 14.6. The molecular formula is C41H51NO6. The van der Waals surface area contributed by atoms with Crippen LogP contribution >= 0.6 is 0 Å². The van der Waals surface area contributed by atoms with Crippen molar-refractivity contribution in [2.75, 3.05) is 5.32 Å². The first-order chi connectivity index (χ1) is 23.1. The Morgan fingerprint density at radius 1 is 0.875 bits per heavy atom. The summed E-state index contributed by atoms with van der Waals surface area (Å²) < 4.78 is 12.1. The third kappa shape index (κ3) is 9.48. The smallest absolute Gasteiger partial charge is 0.306 e. The number of nitrogens with one attached hydrogen (secondary N) is 1. The molecule has 0 bridgehead atoms. The first-order valence-corrected chi connectivity index (χ1v) is 17.8. The van der Waals surface area contributed by atoms with Gasteiger partial charge in [0.15, 0.2) is 0 Å². The van der Waals surface area contributed by atoms with Crippen LogP contribution in [0.2, 0.25) is 0 Å². The third-order valence-corrected chi connectivity index (χ3v) is 9.82. The zero-order valence-electron chi connectivity index (χ0n) is 28.8. The number of carbonyl (C=O) groups is 3. The van der Waals surface area contributed by atoms with Gasteiger partial charge in [0.2, 0.25) is 5.91 Å². The number of anilines is 1. The summed E-state index contributed by atoms with van der Waals surface area (Å²) in [7, 11) is 0. The lowest BCUT2D eigenvalue weighted by Crippen LogP contribution is -2.22. The maximum absolute atomic E-state index is 13.9. The van der Waals surface area contributed by atoms with Gasteiger partial charge in [-0.15, -0.1) is 0 Å². The number of benzene rings is 3. The van der Waals surface area contributed by atoms with E-state index in [-0.39, 0.29) is 36.5 Å². The number of aliphatic carboxylic acids is 1. The molecule has 7 heteroatoms. The van der Waals surface area contributed by atoms with E-state index in [1.54, 1.807) is 0 Å². The van der Waals surface area contributed by atoms with Crippen LogP contribution in [-0.4, -0.2) is 23.0 Å². The van der Waals surface area contributed by atoms with E-state index >= 15 is 0 Å². The van der Waals surface area contributed by atoms with E-state index in [1.165, 1.54) is 38.5 Å². The van der Waals surface area contributed by atoms with Gasteiger partial charge >= 0.3 is 11.9 Å². The summed E-state index contributed by atoms with van der Waals surface area (Å²) >= 11 is 0. The second-order valence-electron chi connectivity index (χ2n) is 14.6. The molecule has 0 spiro atoms. The molecule has 1 heterocycles. The lowest BCUT2D eigenvalue weighted by Gasteiger charge is -2.29. The highest BCUT2D eigenvalue weighted by atomic mass is 16.5. The van der Waals surface area contributed by atoms with Gasteiger partial charge in [0.1, 0.15) is 17.6 Å². The number of hydrogen-bond donors (Lipinski definition) is 2. The van der Waals surface area contributed by atoms with Crippen LogP contribution in [0.15, 0.2) is 66.7 Å². The van der Waals surface area contributed by atoms with E-state index in [2.05, 4.69) is 26.1 Å². The molecule has 1 unspecified atom stereocenters. The van der Waals surface area contributed by atoms with Crippen molar-refractivity contribution in [2.24, 2.45) is 5.92 Å². The normalized spacial score (nSPS) is 15.5. The van der Waals surface area contributed by atoms with Crippen LogP contribution in [0, 0.1) is 5.92 Å². The van der Waals surface area contributed by atoms with Crippen molar-refractivity contribution in [3.8, 4) is 11.5 Å². The first-order valence-electron chi connectivity index (χ1n) is 17.8. The molecule has 1 aliphatic heterocycles. The molecule has 7 nitrogen and oxygen atoms in total. The molecule has 2 N–H and O–H groups in total. The molecule has 1 saturated carbocycles. The number of carbonyl (C=O) groups excluding carboxylic acids is 2. The molecule has 0 saturated heterocycles. The van der Waals surface area contributed by atoms with Gasteiger partial charge in [0, 0.05) is 29.2 Å². The number of ether oxygens (including phenoxy) is 2. The highest BCUT2D eigenvalue weighted by Crippen LogP contribution is 2.45. The molecule has 1 amide bonds. The minimum absolute atomic E-state index is 0.119. The minimum atomic E-state index is -1.03. The standard InChI is InChI=1S/C41H51NO6/c1-41(2,3)33-23-22-29(35(48-40(46)25-24-39(44)45)19-9-5-8-16-28-14-6-4-7-15-28)26-34(33)42-38(43)27-32-30-17-10-12-20-36(30)47-37-21-13-11-18-31(32)37/h10-13,17-18,20-23,26,28,32,35H,4-9,14-16,19,24-25,27H2,1-3H3,(H,42,43)(H,44,45). The van der Waals surface area contributed by atoms with E-state index in [0.717, 1.165) is 58.9 Å². The average molecular weight is 654 g/mol. The summed E-state index contributed by atoms with van der Waals surface area (Å²) in [6.07, 6.45) is 11.0. The van der Waals surface area contributed by atoms with E-state index < -0.39 is 18.0 Å². The topological polar surface area (TPSA) is 102 Å². The fraction of sp³-hybridized carbons (Fsp3) is 0.488. The van der Waals surface area contributed by atoms with Gasteiger partial charge in [-0.1, -0.05) is 121 Å². The Kier molecular flexibility index (Phi) is 12.0. The number of esters is 1. The summed E-state index contributed by atoms with van der Waals surface area (Å²) in [5, 5.41) is 12.3.